The molecule has 0 bridgehead atoms. The highest BCUT2D eigenvalue weighted by atomic mass is 79.9. The first-order chi connectivity index (χ1) is 10.0. The Balaban J connectivity index is 2.25. The molecule has 21 heavy (non-hydrogen) atoms. The lowest BCUT2D eigenvalue weighted by atomic mass is 10.2. The minimum atomic E-state index is -0.709. The third-order valence-corrected chi connectivity index (χ3v) is 3.29. The van der Waals surface area contributed by atoms with Gasteiger partial charge in [-0.05, 0) is 40.2 Å². The molecule has 1 aromatic heterocycles. The van der Waals surface area contributed by atoms with Crippen molar-refractivity contribution in [2.45, 2.75) is 0 Å². The van der Waals surface area contributed by atoms with Crippen LogP contribution in [0.3, 0.4) is 0 Å². The summed E-state index contributed by atoms with van der Waals surface area (Å²) in [4.78, 5) is 15.6. The van der Waals surface area contributed by atoms with E-state index in [0.29, 0.717) is 15.7 Å². The van der Waals surface area contributed by atoms with Crippen molar-refractivity contribution in [3.63, 3.8) is 0 Å². The van der Waals surface area contributed by atoms with Gasteiger partial charge in [0.05, 0.1) is 17.4 Å². The number of amides is 1. The highest BCUT2D eigenvalue weighted by Crippen LogP contribution is 2.24. The Kier molecular flexibility index (Phi) is 4.49. The molecular formula is C13H10BrFN4O2. The highest BCUT2D eigenvalue weighted by molar-refractivity contribution is 9.10. The largest absolute Gasteiger partial charge is 0.409 e. The summed E-state index contributed by atoms with van der Waals surface area (Å²) in [5, 5.41) is 14.0. The second-order valence-electron chi connectivity index (χ2n) is 3.99. The normalized spacial score (nSPS) is 11.2. The van der Waals surface area contributed by atoms with E-state index in [1.165, 1.54) is 12.3 Å². The third kappa shape index (κ3) is 3.34. The van der Waals surface area contributed by atoms with E-state index in [1.54, 1.807) is 18.2 Å². The van der Waals surface area contributed by atoms with Gasteiger partial charge < -0.3 is 16.3 Å². The van der Waals surface area contributed by atoms with Crippen molar-refractivity contribution in [1.29, 1.82) is 0 Å². The smallest absolute Gasteiger partial charge is 0.258 e. The molecule has 0 unspecified atom stereocenters. The maximum atomic E-state index is 13.5. The predicted octanol–water partition coefficient (Wildman–Crippen LogP) is 2.33. The lowest BCUT2D eigenvalue weighted by Crippen LogP contribution is -2.16. The van der Waals surface area contributed by atoms with Crippen LogP contribution in [0.25, 0.3) is 0 Å². The van der Waals surface area contributed by atoms with Gasteiger partial charge in [0.1, 0.15) is 0 Å². The summed E-state index contributed by atoms with van der Waals surface area (Å²) in [6.07, 6.45) is 2.29. The number of rotatable bonds is 3. The highest BCUT2D eigenvalue weighted by Gasteiger charge is 2.13. The van der Waals surface area contributed by atoms with E-state index in [2.05, 4.69) is 31.4 Å². The van der Waals surface area contributed by atoms with Crippen molar-refractivity contribution in [3.05, 3.63) is 58.1 Å². The van der Waals surface area contributed by atoms with Crippen LogP contribution >= 0.6 is 15.9 Å². The molecule has 1 heterocycles. The van der Waals surface area contributed by atoms with Crippen LogP contribution in [0.1, 0.15) is 15.9 Å². The Morgan fingerprint density at radius 3 is 2.81 bits per heavy atom. The van der Waals surface area contributed by atoms with Crippen molar-refractivity contribution in [2.24, 2.45) is 10.9 Å². The average Bonchev–Trinajstić information content (AvgIpc) is 2.48. The number of carbonyl (C=O) groups is 1. The summed E-state index contributed by atoms with van der Waals surface area (Å²) >= 11 is 3.25. The summed E-state index contributed by atoms with van der Waals surface area (Å²) in [5.74, 6) is -1.37. The molecule has 0 radical (unpaired) electrons. The van der Waals surface area contributed by atoms with E-state index in [9.17, 15) is 9.18 Å². The van der Waals surface area contributed by atoms with Crippen molar-refractivity contribution >= 4 is 33.4 Å². The number of anilines is 1. The molecule has 108 valence electrons. The Bertz CT molecular complexity index is 721. The zero-order valence-electron chi connectivity index (χ0n) is 10.5. The van der Waals surface area contributed by atoms with Gasteiger partial charge in [0.25, 0.3) is 5.91 Å². The first kappa shape index (κ1) is 14.9. The lowest BCUT2D eigenvalue weighted by Gasteiger charge is -2.09. The molecule has 0 aliphatic heterocycles. The molecule has 1 aromatic carbocycles. The number of nitrogens with one attached hydrogen (secondary N) is 1. The molecule has 0 aliphatic rings. The van der Waals surface area contributed by atoms with Gasteiger partial charge in [-0.15, -0.1) is 0 Å². The van der Waals surface area contributed by atoms with E-state index >= 15 is 0 Å². The van der Waals surface area contributed by atoms with Gasteiger partial charge >= 0.3 is 0 Å². The molecule has 4 N–H and O–H groups in total. The zero-order valence-corrected chi connectivity index (χ0v) is 12.1. The lowest BCUT2D eigenvalue weighted by molar-refractivity contribution is 0.102. The molecule has 6 nitrogen and oxygen atoms in total. The molecule has 8 heteroatoms. The second kappa shape index (κ2) is 6.31. The standard InChI is InChI=1S/C13H10BrFN4O2/c14-9-5-7(12(16)19-21)1-2-11(9)18-13(20)8-3-4-17-6-10(8)15/h1-6,21H,(H2,16,19)(H,18,20). The van der Waals surface area contributed by atoms with Gasteiger partial charge in [-0.1, -0.05) is 5.16 Å². The fraction of sp³-hybridized carbons (Fsp3) is 0. The number of nitrogens with two attached hydrogens (primary N) is 1. The number of hydrogen-bond acceptors (Lipinski definition) is 4. The minimum Gasteiger partial charge on any atom is -0.409 e. The molecule has 0 fully saturated rings. The van der Waals surface area contributed by atoms with Gasteiger partial charge in [-0.3, -0.25) is 9.78 Å². The number of halogens is 2. The minimum absolute atomic E-state index is 0.0613. The van der Waals surface area contributed by atoms with E-state index in [4.69, 9.17) is 10.9 Å². The third-order valence-electron chi connectivity index (χ3n) is 2.64. The van der Waals surface area contributed by atoms with Gasteiger partial charge in [0.15, 0.2) is 11.7 Å². The van der Waals surface area contributed by atoms with E-state index in [-0.39, 0.29) is 11.4 Å². The molecule has 1 amide bonds. The number of amidine groups is 1. The summed E-state index contributed by atoms with van der Waals surface area (Å²) in [7, 11) is 0. The summed E-state index contributed by atoms with van der Waals surface area (Å²) in [5.41, 5.74) is 6.24. The van der Waals surface area contributed by atoms with E-state index < -0.39 is 11.7 Å². The summed E-state index contributed by atoms with van der Waals surface area (Å²) < 4.78 is 14.0. The van der Waals surface area contributed by atoms with Crippen LogP contribution < -0.4 is 11.1 Å². The summed E-state index contributed by atoms with van der Waals surface area (Å²) in [6.45, 7) is 0. The van der Waals surface area contributed by atoms with Gasteiger partial charge in [0.2, 0.25) is 0 Å². The Morgan fingerprint density at radius 1 is 1.43 bits per heavy atom. The monoisotopic (exact) mass is 352 g/mol. The number of oxime groups is 1. The number of nitrogens with zero attached hydrogens (tertiary/aromatic N) is 2. The molecule has 0 saturated carbocycles. The second-order valence-corrected chi connectivity index (χ2v) is 4.84. The van der Waals surface area contributed by atoms with Crippen LogP contribution in [0.4, 0.5) is 10.1 Å². The Morgan fingerprint density at radius 2 is 2.19 bits per heavy atom. The quantitative estimate of drug-likeness (QED) is 0.341. The van der Waals surface area contributed by atoms with Crippen molar-refractivity contribution in [1.82, 2.24) is 4.98 Å². The number of carbonyl (C=O) groups excluding carboxylic acids is 1. The molecule has 0 spiro atoms. The maximum Gasteiger partial charge on any atom is 0.258 e. The Labute approximate surface area is 127 Å². The van der Waals surface area contributed by atoms with Crippen molar-refractivity contribution in [3.8, 4) is 0 Å². The molecule has 0 atom stereocenters. The SMILES string of the molecule is N/C(=N/O)c1ccc(NC(=O)c2ccncc2F)c(Br)c1. The number of pyridine rings is 1. The Hall–Kier alpha value is -2.48. The number of benzene rings is 1. The first-order valence-corrected chi connectivity index (χ1v) is 6.50. The molecular weight excluding hydrogens is 343 g/mol. The zero-order chi connectivity index (χ0) is 15.4. The average molecular weight is 353 g/mol. The van der Waals surface area contributed by atoms with Crippen LogP contribution in [0.2, 0.25) is 0 Å². The van der Waals surface area contributed by atoms with Crippen LogP contribution in [0, 0.1) is 5.82 Å². The van der Waals surface area contributed by atoms with Crippen LogP contribution in [-0.4, -0.2) is 21.9 Å². The fourth-order valence-electron chi connectivity index (χ4n) is 1.58. The van der Waals surface area contributed by atoms with E-state index in [1.807, 2.05) is 0 Å². The maximum absolute atomic E-state index is 13.5. The van der Waals surface area contributed by atoms with Crippen LogP contribution in [-0.2, 0) is 0 Å². The fourth-order valence-corrected chi connectivity index (χ4v) is 2.06. The molecule has 2 rings (SSSR count). The van der Waals surface area contributed by atoms with Gasteiger partial charge in [-0.25, -0.2) is 4.39 Å². The van der Waals surface area contributed by atoms with Gasteiger partial charge in [0, 0.05) is 16.2 Å². The predicted molar refractivity (Wildman–Crippen MR) is 78.8 cm³/mol. The first-order valence-electron chi connectivity index (χ1n) is 5.71. The number of aromatic nitrogens is 1. The molecule has 0 saturated heterocycles. The van der Waals surface area contributed by atoms with Crippen LogP contribution in [0.5, 0.6) is 0 Å². The molecule has 0 aliphatic carbocycles. The van der Waals surface area contributed by atoms with Crippen molar-refractivity contribution in [2.75, 3.05) is 5.32 Å². The van der Waals surface area contributed by atoms with Gasteiger partial charge in [-0.2, -0.15) is 0 Å². The number of hydrogen-bond donors (Lipinski definition) is 3. The van der Waals surface area contributed by atoms with E-state index in [0.717, 1.165) is 6.20 Å². The topological polar surface area (TPSA) is 101 Å². The molecule has 2 aromatic rings. The van der Waals surface area contributed by atoms with Crippen LogP contribution in [0.15, 0.2) is 46.3 Å². The van der Waals surface area contributed by atoms with Crippen molar-refractivity contribution < 1.29 is 14.4 Å². The summed E-state index contributed by atoms with van der Waals surface area (Å²) in [6, 6.07) is 5.95.